The first-order chi connectivity index (χ1) is 20.9. The Morgan fingerprint density at radius 2 is 1.28 bits per heavy atom. The van der Waals surface area contributed by atoms with Crippen molar-refractivity contribution in [2.75, 3.05) is 6.54 Å². The first-order valence-corrected chi connectivity index (χ1v) is 13.3. The number of nitrogens with one attached hydrogen (secondary N) is 2. The van der Waals surface area contributed by atoms with Crippen molar-refractivity contribution in [3.8, 4) is 0 Å². The van der Waals surface area contributed by atoms with Gasteiger partial charge in [-0.15, -0.1) is 0 Å². The molecule has 3 rings (SSSR count). The molecule has 3 aromatic carbocycles. The Morgan fingerprint density at radius 1 is 0.791 bits per heavy atom. The molecule has 0 saturated carbocycles. The van der Waals surface area contributed by atoms with Gasteiger partial charge in [0.05, 0.1) is 0 Å². The highest BCUT2D eigenvalue weighted by Gasteiger charge is 2.30. The van der Waals surface area contributed by atoms with Gasteiger partial charge in [0.2, 0.25) is 11.7 Å². The van der Waals surface area contributed by atoms with Gasteiger partial charge in [0.15, 0.2) is 0 Å². The van der Waals surface area contributed by atoms with Crippen molar-refractivity contribution < 1.29 is 38.2 Å². The average Bonchev–Trinajstić information content (AvgIpc) is 3.03. The molecule has 3 aromatic rings. The molecule has 2 N–H and O–H groups in total. The second-order valence-corrected chi connectivity index (χ2v) is 9.16. The average molecular weight is 586 g/mol. The number of alkyl carbamates (subject to hydrolysis) is 1. The quantitative estimate of drug-likeness (QED) is 0.0565. The van der Waals surface area contributed by atoms with Crippen LogP contribution in [0.5, 0.6) is 0 Å². The van der Waals surface area contributed by atoms with Gasteiger partial charge in [0, 0.05) is 6.54 Å². The third-order valence-electron chi connectivity index (χ3n) is 6.04. The largest absolute Gasteiger partial charge is 0.460 e. The lowest BCUT2D eigenvalue weighted by atomic mass is 9.98. The topological polar surface area (TPSA) is 171 Å². The van der Waals surface area contributed by atoms with Gasteiger partial charge < -0.3 is 19.7 Å². The van der Waals surface area contributed by atoms with E-state index in [1.807, 2.05) is 12.1 Å². The maximum atomic E-state index is 13.0. The molecule has 0 spiro atoms. The summed E-state index contributed by atoms with van der Waals surface area (Å²) in [4.78, 5) is 54.2. The van der Waals surface area contributed by atoms with Crippen LogP contribution in [-0.2, 0) is 43.6 Å². The summed E-state index contributed by atoms with van der Waals surface area (Å²) in [7, 11) is 0. The highest BCUT2D eigenvalue weighted by molar-refractivity contribution is 6.30. The van der Waals surface area contributed by atoms with Crippen LogP contribution in [0.4, 0.5) is 9.59 Å². The zero-order valence-electron chi connectivity index (χ0n) is 23.3. The van der Waals surface area contributed by atoms with Crippen molar-refractivity contribution in [1.82, 2.24) is 10.2 Å². The first kappa shape index (κ1) is 31.9. The van der Waals surface area contributed by atoms with Gasteiger partial charge in [0.1, 0.15) is 25.7 Å². The Balaban J connectivity index is 1.64. The molecule has 222 valence electrons. The number of hydrogen-bond acceptors (Lipinski definition) is 8. The Hall–Kier alpha value is -5.61. The van der Waals surface area contributed by atoms with Crippen molar-refractivity contribution >= 4 is 36.1 Å². The van der Waals surface area contributed by atoms with Crippen LogP contribution in [0.2, 0.25) is 0 Å². The van der Waals surface area contributed by atoms with E-state index in [2.05, 4.69) is 10.1 Å². The van der Waals surface area contributed by atoms with Crippen molar-refractivity contribution in [3.63, 3.8) is 0 Å². The van der Waals surface area contributed by atoms with Gasteiger partial charge >= 0.3 is 24.4 Å². The van der Waals surface area contributed by atoms with Gasteiger partial charge in [-0.3, -0.25) is 20.3 Å². The van der Waals surface area contributed by atoms with Crippen LogP contribution in [0.3, 0.4) is 0 Å². The summed E-state index contributed by atoms with van der Waals surface area (Å²) < 4.78 is 15.8. The molecule has 0 aliphatic heterocycles. The third-order valence-corrected chi connectivity index (χ3v) is 6.04. The number of nitrogens with zero attached hydrogens (tertiary/aromatic N) is 3. The predicted molar refractivity (Wildman–Crippen MR) is 154 cm³/mol. The summed E-state index contributed by atoms with van der Waals surface area (Å²) >= 11 is 0. The minimum Gasteiger partial charge on any atom is -0.460 e. The molecule has 0 heterocycles. The van der Waals surface area contributed by atoms with Gasteiger partial charge in [0.25, 0.3) is 0 Å². The van der Waals surface area contributed by atoms with E-state index in [-0.39, 0.29) is 39.2 Å². The molecule has 43 heavy (non-hydrogen) atoms. The second kappa shape index (κ2) is 17.3. The number of ketones is 1. The fourth-order valence-electron chi connectivity index (χ4n) is 3.82. The third kappa shape index (κ3) is 11.1. The number of ether oxygens (including phenoxy) is 3. The molecule has 0 aromatic heterocycles. The molecule has 0 radical (unpaired) electrons. The Labute approximate surface area is 248 Å². The zero-order valence-corrected chi connectivity index (χ0v) is 23.3. The minimum absolute atomic E-state index is 0.0136. The van der Waals surface area contributed by atoms with Crippen LogP contribution >= 0.6 is 0 Å². The number of carbonyl (C=O) groups excluding carboxylic acids is 4. The van der Waals surface area contributed by atoms with Crippen molar-refractivity contribution in [3.05, 3.63) is 113 Å². The Morgan fingerprint density at radius 3 is 1.79 bits per heavy atom. The summed E-state index contributed by atoms with van der Waals surface area (Å²) in [6.45, 7) is -0.434. The molecule has 12 heteroatoms. The number of benzene rings is 3. The fraction of sp³-hybridized carbons (Fsp3) is 0.226. The number of carbonyl (C=O) groups is 4. The zero-order chi connectivity index (χ0) is 30.9. The number of guanidine groups is 1. The number of hydrogen-bond donors (Lipinski definition) is 2. The number of Topliss-reactive ketones (excluding diaryl/α,β-unsaturated/α-hetero) is 1. The van der Waals surface area contributed by atoms with Gasteiger partial charge in [-0.2, -0.15) is 4.79 Å². The first-order valence-electron chi connectivity index (χ1n) is 13.3. The standard InChI is InChI=1S/C31H31N5O7/c32-29(35-30(39)42-21-24-13-6-2-7-14-24)36(31(40)43-22-25-15-8-3-9-16-25)18-10-17-26(27(37)19-34-33)28(38)41-20-23-11-4-1-5-12-23/h1-9,11-16,19,26H,10,17-18,20-22H2,(H2,32,35,39)/t26-/m0/s1. The predicted octanol–water partition coefficient (Wildman–Crippen LogP) is 4.50. The van der Waals surface area contributed by atoms with E-state index in [4.69, 9.17) is 25.2 Å². The second-order valence-electron chi connectivity index (χ2n) is 9.16. The van der Waals surface area contributed by atoms with E-state index >= 15 is 0 Å². The SMILES string of the molecule is [N-]=[N+]=CC(=O)[C@H](CCCN(C(=N)NC(=O)OCc1ccccc1)C(=O)OCc1ccccc1)C(=O)OCc1ccccc1. The van der Waals surface area contributed by atoms with Gasteiger partial charge in [-0.25, -0.2) is 14.5 Å². The van der Waals surface area contributed by atoms with Gasteiger partial charge in [-0.1, -0.05) is 91.0 Å². The molecule has 2 amide bonds. The van der Waals surface area contributed by atoms with Crippen LogP contribution in [0.1, 0.15) is 29.5 Å². The van der Waals surface area contributed by atoms with E-state index in [1.165, 1.54) is 0 Å². The highest BCUT2D eigenvalue weighted by atomic mass is 16.6. The lowest BCUT2D eigenvalue weighted by molar-refractivity contribution is -0.152. The van der Waals surface area contributed by atoms with Crippen LogP contribution in [-0.4, -0.2) is 52.3 Å². The maximum Gasteiger partial charge on any atom is 0.416 e. The van der Waals surface area contributed by atoms with E-state index in [9.17, 15) is 19.2 Å². The van der Waals surface area contributed by atoms with E-state index in [0.29, 0.717) is 17.3 Å². The molecule has 1 atom stereocenters. The normalized spacial score (nSPS) is 10.8. The summed E-state index contributed by atoms with van der Waals surface area (Å²) in [6.07, 6.45) is -1.41. The Bertz CT molecular complexity index is 1430. The van der Waals surface area contributed by atoms with Crippen molar-refractivity contribution in [2.24, 2.45) is 5.92 Å². The smallest absolute Gasteiger partial charge is 0.416 e. The van der Waals surface area contributed by atoms with Crippen LogP contribution < -0.4 is 5.32 Å². The van der Waals surface area contributed by atoms with Crippen LogP contribution in [0.15, 0.2) is 91.0 Å². The van der Waals surface area contributed by atoms with E-state index < -0.39 is 35.8 Å². The lowest BCUT2D eigenvalue weighted by Gasteiger charge is -2.23. The van der Waals surface area contributed by atoms with Crippen LogP contribution in [0.25, 0.3) is 5.53 Å². The molecule has 0 aliphatic rings. The summed E-state index contributed by atoms with van der Waals surface area (Å²) in [6, 6.07) is 26.6. The summed E-state index contributed by atoms with van der Waals surface area (Å²) in [5.74, 6) is -3.59. The van der Waals surface area contributed by atoms with Crippen molar-refractivity contribution in [1.29, 1.82) is 5.41 Å². The van der Waals surface area contributed by atoms with Crippen molar-refractivity contribution in [2.45, 2.75) is 32.7 Å². The lowest BCUT2D eigenvalue weighted by Crippen LogP contribution is -2.47. The minimum atomic E-state index is -1.33. The highest BCUT2D eigenvalue weighted by Crippen LogP contribution is 2.14. The fourth-order valence-corrected chi connectivity index (χ4v) is 3.82. The molecule has 0 bridgehead atoms. The molecule has 0 unspecified atom stereocenters. The number of amides is 2. The van der Waals surface area contributed by atoms with Gasteiger partial charge in [-0.05, 0) is 29.5 Å². The molecule has 0 saturated heterocycles. The molecule has 0 aliphatic carbocycles. The maximum absolute atomic E-state index is 13.0. The molecule has 12 nitrogen and oxygen atoms in total. The Kier molecular flexibility index (Phi) is 12.8. The number of rotatable bonds is 13. The summed E-state index contributed by atoms with van der Waals surface area (Å²) in [5, 5.41) is 10.6. The molecular weight excluding hydrogens is 554 g/mol. The molecule has 0 fully saturated rings. The van der Waals surface area contributed by atoms with Crippen LogP contribution in [0, 0.1) is 11.3 Å². The molecular formula is C31H31N5O7. The number of esters is 1. The van der Waals surface area contributed by atoms with E-state index in [0.717, 1.165) is 10.5 Å². The van der Waals surface area contributed by atoms with E-state index in [1.54, 1.807) is 78.9 Å². The monoisotopic (exact) mass is 585 g/mol. The summed E-state index contributed by atoms with van der Waals surface area (Å²) in [5.41, 5.74) is 11.0.